The van der Waals surface area contributed by atoms with Crippen LogP contribution in [0.2, 0.25) is 0 Å². The highest BCUT2D eigenvalue weighted by molar-refractivity contribution is 7.46. The summed E-state index contributed by atoms with van der Waals surface area (Å²) in [6.45, 7) is 3.65. The average Bonchev–Trinajstić information content (AvgIpc) is 3.14. The Bertz CT molecular complexity index is 1020. The van der Waals surface area contributed by atoms with Gasteiger partial charge in [-0.3, -0.25) is 14.1 Å². The van der Waals surface area contributed by atoms with Crippen molar-refractivity contribution >= 4 is 19.8 Å². The van der Waals surface area contributed by atoms with Gasteiger partial charge in [0.2, 0.25) is 0 Å². The minimum absolute atomic E-state index is 0.137. The Morgan fingerprint density at radius 3 is 1.30 bits per heavy atom. The molecule has 0 fully saturated rings. The molecule has 0 saturated heterocycles. The van der Waals surface area contributed by atoms with Gasteiger partial charge >= 0.3 is 19.8 Å². The molecule has 0 aromatic heterocycles. The molecular weight excluding hydrogens is 699 g/mol. The van der Waals surface area contributed by atoms with Crippen LogP contribution in [0.1, 0.15) is 206 Å². The summed E-state index contributed by atoms with van der Waals surface area (Å²) in [5.74, 6) is -0.945. The van der Waals surface area contributed by atoms with Crippen LogP contribution in [0, 0.1) is 0 Å². The Hall–Kier alpha value is -1.99. The Labute approximate surface area is 331 Å². The molecule has 0 rings (SSSR count). The summed E-state index contributed by atoms with van der Waals surface area (Å²) in [7, 11) is -4.77. The van der Waals surface area contributed by atoms with Crippen LogP contribution in [0.4, 0.5) is 0 Å². The highest BCUT2D eigenvalue weighted by atomic mass is 31.2. The van der Waals surface area contributed by atoms with Gasteiger partial charge in [0.25, 0.3) is 0 Å². The summed E-state index contributed by atoms with van der Waals surface area (Å²) in [4.78, 5) is 42.8. The molecule has 0 spiro atoms. The van der Waals surface area contributed by atoms with Crippen molar-refractivity contribution in [2.45, 2.75) is 213 Å². The number of carbonyl (C=O) groups is 2. The smallest absolute Gasteiger partial charge is 0.462 e. The number of esters is 2. The standard InChI is InChI=1S/C45H81O8P/c1-3-5-7-9-11-13-15-17-19-20-21-22-23-24-26-28-30-32-34-36-38-40-45(47)53-43(42-52-54(48,49)50)41-51-44(46)39-37-35-33-31-29-27-25-18-16-14-12-10-8-6-4-2/h19-20,22-23,26,28,32,34,43H,3-18,21,24-25,27,29-31,33,35-42H2,1-2H3,(H2,48,49,50)/b20-19+,23-22+,28-26+,34-32+/t43-/m1/s1. The molecule has 1 atom stereocenters. The third-order valence-electron chi connectivity index (χ3n) is 9.35. The molecule has 2 N–H and O–H groups in total. The first-order valence-electron chi connectivity index (χ1n) is 21.9. The first kappa shape index (κ1) is 52.0. The number of hydrogen-bond donors (Lipinski definition) is 2. The van der Waals surface area contributed by atoms with Crippen molar-refractivity contribution in [1.29, 1.82) is 0 Å². The lowest BCUT2D eigenvalue weighted by molar-refractivity contribution is -0.161. The van der Waals surface area contributed by atoms with Crippen LogP contribution >= 0.6 is 7.82 Å². The number of phosphoric ester groups is 1. The highest BCUT2D eigenvalue weighted by Crippen LogP contribution is 2.36. The second kappa shape index (κ2) is 40.7. The molecule has 0 saturated carbocycles. The quantitative estimate of drug-likeness (QED) is 0.0273. The van der Waals surface area contributed by atoms with Gasteiger partial charge in [0.1, 0.15) is 6.61 Å². The van der Waals surface area contributed by atoms with E-state index >= 15 is 0 Å². The fraction of sp³-hybridized carbons (Fsp3) is 0.778. The topological polar surface area (TPSA) is 119 Å². The first-order chi connectivity index (χ1) is 26.3. The van der Waals surface area contributed by atoms with E-state index in [1.807, 2.05) is 6.08 Å². The van der Waals surface area contributed by atoms with Crippen molar-refractivity contribution in [3.8, 4) is 0 Å². The van der Waals surface area contributed by atoms with Gasteiger partial charge < -0.3 is 19.3 Å². The molecule has 0 heterocycles. The van der Waals surface area contributed by atoms with Crippen LogP contribution in [0.15, 0.2) is 48.6 Å². The molecule has 0 unspecified atom stereocenters. The summed E-state index contributed by atoms with van der Waals surface area (Å²) < 4.78 is 26.4. The minimum atomic E-state index is -4.77. The van der Waals surface area contributed by atoms with Crippen LogP contribution < -0.4 is 0 Å². The van der Waals surface area contributed by atoms with Crippen molar-refractivity contribution in [2.75, 3.05) is 13.2 Å². The molecule has 9 heteroatoms. The SMILES string of the molecule is CCCCCCCCC/C=C/C/C=C/C/C=C/C/C=C/CCCC(=O)O[C@H](COC(=O)CCCCCCCCCCCCCCCCC)COP(=O)(O)O. The second-order valence-electron chi connectivity index (χ2n) is 14.7. The van der Waals surface area contributed by atoms with Gasteiger partial charge in [0, 0.05) is 12.8 Å². The normalized spacial score (nSPS) is 12.9. The number of carbonyl (C=O) groups excluding carboxylic acids is 2. The second-order valence-corrected chi connectivity index (χ2v) is 15.9. The van der Waals surface area contributed by atoms with E-state index in [4.69, 9.17) is 19.3 Å². The summed E-state index contributed by atoms with van der Waals surface area (Å²) >= 11 is 0. The molecule has 0 aliphatic carbocycles. The number of rotatable bonds is 40. The van der Waals surface area contributed by atoms with Crippen LogP contribution in [0.3, 0.4) is 0 Å². The third kappa shape index (κ3) is 42.7. The third-order valence-corrected chi connectivity index (χ3v) is 9.84. The number of hydrogen-bond acceptors (Lipinski definition) is 6. The fourth-order valence-corrected chi connectivity index (χ4v) is 6.43. The summed E-state index contributed by atoms with van der Waals surface area (Å²) in [6, 6.07) is 0. The molecule has 314 valence electrons. The van der Waals surface area contributed by atoms with Gasteiger partial charge in [0.15, 0.2) is 6.10 Å². The van der Waals surface area contributed by atoms with Gasteiger partial charge in [-0.15, -0.1) is 0 Å². The molecule has 54 heavy (non-hydrogen) atoms. The van der Waals surface area contributed by atoms with Gasteiger partial charge in [-0.05, 0) is 51.4 Å². The predicted molar refractivity (Wildman–Crippen MR) is 225 cm³/mol. The molecule has 0 aromatic rings. The Balaban J connectivity index is 4.00. The summed E-state index contributed by atoms with van der Waals surface area (Å²) in [6.07, 6.45) is 49.8. The summed E-state index contributed by atoms with van der Waals surface area (Å²) in [5, 5.41) is 0. The van der Waals surface area contributed by atoms with Gasteiger partial charge in [-0.1, -0.05) is 191 Å². The first-order valence-corrected chi connectivity index (χ1v) is 23.5. The van der Waals surface area contributed by atoms with E-state index in [0.717, 1.165) is 38.5 Å². The van der Waals surface area contributed by atoms with E-state index in [2.05, 4.69) is 60.9 Å². The highest BCUT2D eigenvalue weighted by Gasteiger charge is 2.22. The zero-order valence-corrected chi connectivity index (χ0v) is 35.5. The van der Waals surface area contributed by atoms with E-state index in [-0.39, 0.29) is 19.4 Å². The predicted octanol–water partition coefficient (Wildman–Crippen LogP) is 13.5. The maximum absolute atomic E-state index is 12.4. The molecule has 0 bridgehead atoms. The van der Waals surface area contributed by atoms with Crippen LogP contribution in [0.25, 0.3) is 0 Å². The molecular formula is C45H81O8P. The number of phosphoric acid groups is 1. The molecule has 8 nitrogen and oxygen atoms in total. The van der Waals surface area contributed by atoms with Crippen LogP contribution in [-0.4, -0.2) is 41.0 Å². The maximum Gasteiger partial charge on any atom is 0.469 e. The van der Waals surface area contributed by atoms with Gasteiger partial charge in [-0.25, -0.2) is 4.57 Å². The largest absolute Gasteiger partial charge is 0.469 e. The van der Waals surface area contributed by atoms with Gasteiger partial charge in [0.05, 0.1) is 6.61 Å². The van der Waals surface area contributed by atoms with Crippen molar-refractivity contribution in [3.63, 3.8) is 0 Å². The molecule has 0 aliphatic heterocycles. The fourth-order valence-electron chi connectivity index (χ4n) is 6.07. The zero-order valence-electron chi connectivity index (χ0n) is 34.6. The van der Waals surface area contributed by atoms with Crippen molar-refractivity contribution in [2.24, 2.45) is 0 Å². The monoisotopic (exact) mass is 781 g/mol. The van der Waals surface area contributed by atoms with Crippen LogP contribution in [0.5, 0.6) is 0 Å². The zero-order chi connectivity index (χ0) is 39.6. The molecule has 0 radical (unpaired) electrons. The van der Waals surface area contributed by atoms with Crippen molar-refractivity contribution < 1.29 is 37.9 Å². The van der Waals surface area contributed by atoms with Crippen LogP contribution in [-0.2, 0) is 28.2 Å². The van der Waals surface area contributed by atoms with Gasteiger partial charge in [-0.2, -0.15) is 0 Å². The van der Waals surface area contributed by atoms with E-state index < -0.39 is 32.5 Å². The van der Waals surface area contributed by atoms with Crippen molar-refractivity contribution in [1.82, 2.24) is 0 Å². The lowest BCUT2D eigenvalue weighted by atomic mass is 10.0. The molecule has 0 aromatic carbocycles. The number of unbranched alkanes of at least 4 members (excludes halogenated alkanes) is 22. The Kier molecular flexibility index (Phi) is 39.2. The van der Waals surface area contributed by atoms with E-state index in [9.17, 15) is 14.2 Å². The van der Waals surface area contributed by atoms with Crippen molar-refractivity contribution in [3.05, 3.63) is 48.6 Å². The maximum atomic E-state index is 12.4. The van der Waals surface area contributed by atoms with E-state index in [0.29, 0.717) is 12.8 Å². The molecule has 0 amide bonds. The molecule has 0 aliphatic rings. The van der Waals surface area contributed by atoms with E-state index in [1.165, 1.54) is 128 Å². The number of allylic oxidation sites excluding steroid dienone is 8. The Morgan fingerprint density at radius 1 is 0.481 bits per heavy atom. The summed E-state index contributed by atoms with van der Waals surface area (Å²) in [5.41, 5.74) is 0. The average molecular weight is 781 g/mol. The number of ether oxygens (including phenoxy) is 2. The lowest BCUT2D eigenvalue weighted by Gasteiger charge is -2.18. The Morgan fingerprint density at radius 2 is 0.852 bits per heavy atom. The lowest BCUT2D eigenvalue weighted by Crippen LogP contribution is -2.29. The van der Waals surface area contributed by atoms with E-state index in [1.54, 1.807) is 0 Å². The minimum Gasteiger partial charge on any atom is -0.462 e.